The molecule has 0 N–H and O–H groups in total. The van der Waals surface area contributed by atoms with Crippen LogP contribution < -0.4 is 0 Å². The highest BCUT2D eigenvalue weighted by Gasteiger charge is 2.42. The van der Waals surface area contributed by atoms with E-state index < -0.39 is 52.0 Å². The number of hydrogen-bond donors (Lipinski definition) is 0. The van der Waals surface area contributed by atoms with E-state index in [-0.39, 0.29) is 13.0 Å². The summed E-state index contributed by atoms with van der Waals surface area (Å²) in [6.07, 6.45) is -2.62. The van der Waals surface area contributed by atoms with E-state index in [1.807, 2.05) is 0 Å². The molecule has 1 rings (SSSR count). The highest BCUT2D eigenvalue weighted by molar-refractivity contribution is 7.86. The van der Waals surface area contributed by atoms with Crippen molar-refractivity contribution in [3.05, 3.63) is 10.4 Å². The smallest absolute Gasteiger partial charge is 0.311 e. The van der Waals surface area contributed by atoms with Gasteiger partial charge in [-0.3, -0.25) is 13.8 Å². The number of nitrogens with zero attached hydrogens (tertiary/aromatic N) is 3. The fraction of sp³-hybridized carbons (Fsp3) is 0.857. The van der Waals surface area contributed by atoms with Crippen LogP contribution in [0.2, 0.25) is 0 Å². The van der Waals surface area contributed by atoms with Crippen LogP contribution in [0, 0.1) is 5.41 Å². The molecule has 0 spiro atoms. The van der Waals surface area contributed by atoms with E-state index >= 15 is 0 Å². The second-order valence-electron chi connectivity index (χ2n) is 6.85. The molecule has 0 bridgehead atoms. The van der Waals surface area contributed by atoms with Gasteiger partial charge in [-0.2, -0.15) is 8.42 Å². The molecule has 1 aliphatic heterocycles. The van der Waals surface area contributed by atoms with Gasteiger partial charge in [0.05, 0.1) is 11.7 Å². The van der Waals surface area contributed by atoms with Gasteiger partial charge in [-0.25, -0.2) is 0 Å². The molecule has 26 heavy (non-hydrogen) atoms. The molecule has 0 amide bonds. The van der Waals surface area contributed by atoms with Gasteiger partial charge in [0.25, 0.3) is 10.1 Å². The largest absolute Gasteiger partial charge is 0.462 e. The lowest BCUT2D eigenvalue weighted by Gasteiger charge is -2.38. The Kier molecular flexibility index (Phi) is 7.39. The van der Waals surface area contributed by atoms with Gasteiger partial charge in [0.2, 0.25) is 6.29 Å². The maximum Gasteiger partial charge on any atom is 0.311 e. The summed E-state index contributed by atoms with van der Waals surface area (Å²) in [7, 11) is -3.87. The Balaban J connectivity index is 3.00. The maximum absolute atomic E-state index is 11.9. The molecule has 148 valence electrons. The summed E-state index contributed by atoms with van der Waals surface area (Å²) in [5.41, 5.74) is 7.88. The summed E-state index contributed by atoms with van der Waals surface area (Å²) in [4.78, 5) is 25.8. The number of hydrogen-bond acceptors (Lipinski definition) is 9. The second-order valence-corrected chi connectivity index (χ2v) is 8.45. The van der Waals surface area contributed by atoms with Crippen molar-refractivity contribution in [1.82, 2.24) is 0 Å². The molecule has 0 aromatic rings. The average Bonchev–Trinajstić information content (AvgIpc) is 2.45. The summed E-state index contributed by atoms with van der Waals surface area (Å²) in [6, 6.07) is -0.995. The fourth-order valence-corrected chi connectivity index (χ4v) is 2.79. The number of carbonyl (C=O) groups is 2. The third-order valence-electron chi connectivity index (χ3n) is 3.28. The van der Waals surface area contributed by atoms with Crippen LogP contribution in [-0.4, -0.2) is 57.8 Å². The number of carbonyl (C=O) groups excluding carboxylic acids is 2. The summed E-state index contributed by atoms with van der Waals surface area (Å²) in [5, 5.41) is 3.46. The molecule has 0 saturated carbocycles. The molecule has 1 heterocycles. The van der Waals surface area contributed by atoms with E-state index in [4.69, 9.17) is 23.9 Å². The number of azide groups is 1. The van der Waals surface area contributed by atoms with Crippen LogP contribution in [0.3, 0.4) is 0 Å². The minimum Gasteiger partial charge on any atom is -0.462 e. The molecule has 1 saturated heterocycles. The Morgan fingerprint density at radius 3 is 2.42 bits per heavy atom. The predicted octanol–water partition coefficient (Wildman–Crippen LogP) is 1.28. The van der Waals surface area contributed by atoms with E-state index in [9.17, 15) is 18.0 Å². The highest BCUT2D eigenvalue weighted by atomic mass is 32.2. The molecule has 4 atom stereocenters. The Morgan fingerprint density at radius 1 is 1.35 bits per heavy atom. The van der Waals surface area contributed by atoms with E-state index in [1.54, 1.807) is 20.8 Å². The molecular formula is C14H23N3O8S. The van der Waals surface area contributed by atoms with Gasteiger partial charge in [-0.15, -0.1) is 0 Å². The SMILES string of the molecule is CC(=O)O[C@H]1O[C@H](COC(=O)C(C)(C)C)[C@@H](OS(C)(=O)=O)C[C@H]1N=[N+]=[N-]. The molecular weight excluding hydrogens is 370 g/mol. The summed E-state index contributed by atoms with van der Waals surface area (Å²) >= 11 is 0. The third kappa shape index (κ3) is 7.16. The van der Waals surface area contributed by atoms with Gasteiger partial charge in [0.15, 0.2) is 0 Å². The van der Waals surface area contributed by atoms with Crippen molar-refractivity contribution < 1.29 is 36.4 Å². The Bertz CT molecular complexity index is 681. The van der Waals surface area contributed by atoms with Crippen molar-refractivity contribution in [2.45, 2.75) is 58.7 Å². The molecule has 0 aromatic heterocycles. The molecule has 0 aliphatic carbocycles. The van der Waals surface area contributed by atoms with E-state index in [2.05, 4.69) is 10.0 Å². The number of rotatable bonds is 6. The lowest BCUT2D eigenvalue weighted by atomic mass is 9.97. The monoisotopic (exact) mass is 393 g/mol. The van der Waals surface area contributed by atoms with Crippen LogP contribution in [0.4, 0.5) is 0 Å². The first-order chi connectivity index (χ1) is 11.8. The van der Waals surface area contributed by atoms with Crippen LogP contribution >= 0.6 is 0 Å². The molecule has 0 unspecified atom stereocenters. The van der Waals surface area contributed by atoms with E-state index in [0.717, 1.165) is 13.2 Å². The fourth-order valence-electron chi connectivity index (χ4n) is 2.14. The van der Waals surface area contributed by atoms with Crippen LogP contribution in [0.1, 0.15) is 34.1 Å². The van der Waals surface area contributed by atoms with Gasteiger partial charge >= 0.3 is 11.9 Å². The zero-order chi connectivity index (χ0) is 20.1. The minimum atomic E-state index is -3.87. The van der Waals surface area contributed by atoms with Gasteiger partial charge in [0, 0.05) is 11.8 Å². The topological polar surface area (TPSA) is 154 Å². The van der Waals surface area contributed by atoms with Crippen molar-refractivity contribution >= 4 is 22.1 Å². The summed E-state index contributed by atoms with van der Waals surface area (Å²) in [5.74, 6) is -1.21. The minimum absolute atomic E-state index is 0.104. The Morgan fingerprint density at radius 2 is 1.96 bits per heavy atom. The third-order valence-corrected chi connectivity index (χ3v) is 3.88. The summed E-state index contributed by atoms with van der Waals surface area (Å²) in [6.45, 7) is 5.78. The molecule has 1 fully saturated rings. The zero-order valence-corrected chi connectivity index (χ0v) is 16.1. The van der Waals surface area contributed by atoms with Crippen LogP contribution in [0.15, 0.2) is 5.11 Å². The van der Waals surface area contributed by atoms with Crippen molar-refractivity contribution in [2.24, 2.45) is 10.5 Å². The lowest BCUT2D eigenvalue weighted by molar-refractivity contribution is -0.232. The highest BCUT2D eigenvalue weighted by Crippen LogP contribution is 2.28. The number of ether oxygens (including phenoxy) is 3. The maximum atomic E-state index is 11.9. The standard InChI is InChI=1S/C14H23N3O8S/c1-8(18)23-12-9(16-17-15)6-10(25-26(5,20)21)11(24-12)7-22-13(19)14(2,3)4/h9-12H,6-7H2,1-5H3/t9-,10+,11-,12+/m1/s1. The normalized spacial score (nSPS) is 26.5. The molecule has 11 nitrogen and oxygen atoms in total. The zero-order valence-electron chi connectivity index (χ0n) is 15.2. The first-order valence-corrected chi connectivity index (χ1v) is 9.57. The quantitative estimate of drug-likeness (QED) is 0.215. The van der Waals surface area contributed by atoms with Gasteiger partial charge in [0.1, 0.15) is 24.9 Å². The van der Waals surface area contributed by atoms with Crippen LogP contribution in [0.25, 0.3) is 10.4 Å². The Labute approximate surface area is 151 Å². The van der Waals surface area contributed by atoms with E-state index in [1.165, 1.54) is 0 Å². The number of esters is 2. The first kappa shape index (κ1) is 22.2. The van der Waals surface area contributed by atoms with Crippen LogP contribution in [-0.2, 0) is 38.1 Å². The molecule has 1 aliphatic rings. The Hall–Kier alpha value is -1.88. The molecule has 12 heteroatoms. The van der Waals surface area contributed by atoms with Gasteiger partial charge in [-0.1, -0.05) is 5.11 Å². The van der Waals surface area contributed by atoms with E-state index in [0.29, 0.717) is 0 Å². The molecule has 0 aromatic carbocycles. The predicted molar refractivity (Wildman–Crippen MR) is 88.1 cm³/mol. The van der Waals surface area contributed by atoms with Crippen LogP contribution in [0.5, 0.6) is 0 Å². The summed E-state index contributed by atoms with van der Waals surface area (Å²) < 4.78 is 43.6. The first-order valence-electron chi connectivity index (χ1n) is 7.76. The van der Waals surface area contributed by atoms with Crippen molar-refractivity contribution in [2.75, 3.05) is 12.9 Å². The lowest BCUT2D eigenvalue weighted by Crippen LogP contribution is -2.51. The van der Waals surface area contributed by atoms with Gasteiger partial charge < -0.3 is 14.2 Å². The molecule has 0 radical (unpaired) electrons. The van der Waals surface area contributed by atoms with Crippen molar-refractivity contribution in [3.8, 4) is 0 Å². The average molecular weight is 393 g/mol. The van der Waals surface area contributed by atoms with Crippen molar-refractivity contribution in [3.63, 3.8) is 0 Å². The van der Waals surface area contributed by atoms with Crippen molar-refractivity contribution in [1.29, 1.82) is 0 Å². The van der Waals surface area contributed by atoms with Gasteiger partial charge in [-0.05, 0) is 32.7 Å². The second kappa shape index (κ2) is 8.67.